The Bertz CT molecular complexity index is 761. The number of carboxylic acid groups (broad SMARTS) is 1. The zero-order valence-electron chi connectivity index (χ0n) is 12.3. The first-order valence-corrected chi connectivity index (χ1v) is 10.1. The van der Waals surface area contributed by atoms with Crippen LogP contribution in [0.4, 0.5) is 0 Å². The summed E-state index contributed by atoms with van der Waals surface area (Å²) >= 11 is 0. The molecule has 2 N–H and O–H groups in total. The Hall–Kier alpha value is -1.49. The highest BCUT2D eigenvalue weighted by atomic mass is 32.2. The number of aliphatic carboxylic acids is 1. The van der Waals surface area contributed by atoms with Crippen molar-refractivity contribution in [2.75, 3.05) is 18.8 Å². The van der Waals surface area contributed by atoms with Gasteiger partial charge in [-0.2, -0.15) is 4.31 Å². The van der Waals surface area contributed by atoms with Crippen LogP contribution < -0.4 is 4.72 Å². The van der Waals surface area contributed by atoms with E-state index in [2.05, 4.69) is 4.72 Å². The molecule has 1 heterocycles. The summed E-state index contributed by atoms with van der Waals surface area (Å²) in [7, 11) is -7.62. The van der Waals surface area contributed by atoms with Gasteiger partial charge in [0.1, 0.15) is 6.04 Å². The maximum Gasteiger partial charge on any atom is 0.322 e. The van der Waals surface area contributed by atoms with Crippen molar-refractivity contribution in [3.63, 3.8) is 0 Å². The topological polar surface area (TPSA) is 121 Å². The highest BCUT2D eigenvalue weighted by molar-refractivity contribution is 7.90. The van der Waals surface area contributed by atoms with E-state index >= 15 is 0 Å². The van der Waals surface area contributed by atoms with E-state index in [4.69, 9.17) is 5.11 Å². The molecule has 1 saturated heterocycles. The van der Waals surface area contributed by atoms with Crippen molar-refractivity contribution in [3.05, 3.63) is 30.3 Å². The number of carbonyl (C=O) groups is 1. The van der Waals surface area contributed by atoms with Gasteiger partial charge in [-0.25, -0.2) is 21.6 Å². The molecule has 8 nitrogen and oxygen atoms in total. The molecule has 1 unspecified atom stereocenters. The van der Waals surface area contributed by atoms with Gasteiger partial charge in [0.25, 0.3) is 0 Å². The van der Waals surface area contributed by atoms with E-state index in [-0.39, 0.29) is 24.4 Å². The van der Waals surface area contributed by atoms with Crippen LogP contribution in [0, 0.1) is 0 Å². The van der Waals surface area contributed by atoms with Gasteiger partial charge in [0.2, 0.25) is 20.0 Å². The average molecular weight is 362 g/mol. The Morgan fingerprint density at radius 1 is 1.22 bits per heavy atom. The van der Waals surface area contributed by atoms with Gasteiger partial charge in [-0.3, -0.25) is 4.79 Å². The maximum atomic E-state index is 12.2. The molecule has 1 fully saturated rings. The molecule has 0 saturated carbocycles. The number of nitrogens with one attached hydrogen (secondary N) is 1. The van der Waals surface area contributed by atoms with Crippen LogP contribution in [-0.2, 0) is 24.8 Å². The summed E-state index contributed by atoms with van der Waals surface area (Å²) in [6.45, 7) is -0.173. The second-order valence-corrected chi connectivity index (χ2v) is 8.94. The quantitative estimate of drug-likeness (QED) is 0.695. The third-order valence-corrected chi connectivity index (χ3v) is 6.90. The summed E-state index contributed by atoms with van der Waals surface area (Å²) in [6, 6.07) is 6.53. The molecule has 0 amide bonds. The van der Waals surface area contributed by atoms with Crippen molar-refractivity contribution in [3.8, 4) is 0 Å². The lowest BCUT2D eigenvalue weighted by molar-refractivity contribution is -0.140. The van der Waals surface area contributed by atoms with Crippen LogP contribution in [-0.4, -0.2) is 57.1 Å². The van der Waals surface area contributed by atoms with Gasteiger partial charge in [-0.15, -0.1) is 0 Å². The van der Waals surface area contributed by atoms with Crippen molar-refractivity contribution in [2.24, 2.45) is 0 Å². The van der Waals surface area contributed by atoms with E-state index in [1.54, 1.807) is 18.2 Å². The predicted molar refractivity (Wildman–Crippen MR) is 82.8 cm³/mol. The lowest BCUT2D eigenvalue weighted by atomic mass is 10.2. The number of sulfonamides is 2. The van der Waals surface area contributed by atoms with E-state index in [1.165, 1.54) is 12.1 Å². The van der Waals surface area contributed by atoms with Crippen molar-refractivity contribution >= 4 is 26.0 Å². The second kappa shape index (κ2) is 6.95. The molecule has 1 aromatic carbocycles. The molecule has 0 bridgehead atoms. The summed E-state index contributed by atoms with van der Waals surface area (Å²) in [5.41, 5.74) is 0. The SMILES string of the molecule is O=C(O)C1CCCN1S(=O)(=O)CCNS(=O)(=O)c1ccccc1. The standard InChI is InChI=1S/C13H18N2O6S2/c16-13(17)12-7-4-9-15(12)22(18,19)10-8-14-23(20,21)11-5-2-1-3-6-11/h1-3,5-6,12,14H,4,7-10H2,(H,16,17). The number of carboxylic acids is 1. The molecule has 0 aromatic heterocycles. The summed E-state index contributed by atoms with van der Waals surface area (Å²) in [6.07, 6.45) is 0.746. The summed E-state index contributed by atoms with van der Waals surface area (Å²) < 4.78 is 51.5. The molecule has 23 heavy (non-hydrogen) atoms. The minimum Gasteiger partial charge on any atom is -0.480 e. The van der Waals surface area contributed by atoms with Crippen molar-refractivity contribution in [1.82, 2.24) is 9.03 Å². The van der Waals surface area contributed by atoms with Gasteiger partial charge in [0.05, 0.1) is 10.6 Å². The zero-order chi connectivity index (χ0) is 17.1. The Morgan fingerprint density at radius 3 is 2.48 bits per heavy atom. The smallest absolute Gasteiger partial charge is 0.322 e. The van der Waals surface area contributed by atoms with Gasteiger partial charge in [0.15, 0.2) is 0 Å². The normalized spacial score (nSPS) is 19.7. The molecule has 1 aliphatic heterocycles. The van der Waals surface area contributed by atoms with Crippen LogP contribution in [0.5, 0.6) is 0 Å². The molecule has 1 aromatic rings. The Labute approximate surface area is 135 Å². The van der Waals surface area contributed by atoms with E-state index < -0.39 is 37.8 Å². The van der Waals surface area contributed by atoms with Crippen LogP contribution in [0.15, 0.2) is 35.2 Å². The molecular weight excluding hydrogens is 344 g/mol. The van der Waals surface area contributed by atoms with E-state index in [0.29, 0.717) is 6.42 Å². The van der Waals surface area contributed by atoms with Gasteiger partial charge in [-0.05, 0) is 25.0 Å². The molecule has 1 aliphatic rings. The molecule has 0 aliphatic carbocycles. The number of hydrogen-bond acceptors (Lipinski definition) is 5. The zero-order valence-corrected chi connectivity index (χ0v) is 13.9. The van der Waals surface area contributed by atoms with Crippen molar-refractivity contribution in [2.45, 2.75) is 23.8 Å². The van der Waals surface area contributed by atoms with Crippen molar-refractivity contribution < 1.29 is 26.7 Å². The third-order valence-electron chi connectivity index (χ3n) is 3.55. The fourth-order valence-electron chi connectivity index (χ4n) is 2.43. The Kier molecular flexibility index (Phi) is 5.40. The fraction of sp³-hybridized carbons (Fsp3) is 0.462. The number of benzene rings is 1. The molecule has 1 atom stereocenters. The summed E-state index contributed by atoms with van der Waals surface area (Å²) in [5, 5.41) is 9.03. The Morgan fingerprint density at radius 2 is 1.87 bits per heavy atom. The lowest BCUT2D eigenvalue weighted by Crippen LogP contribution is -2.43. The molecule has 128 valence electrons. The molecule has 10 heteroatoms. The van der Waals surface area contributed by atoms with E-state index in [9.17, 15) is 21.6 Å². The maximum absolute atomic E-state index is 12.2. The third kappa shape index (κ3) is 4.28. The van der Waals surface area contributed by atoms with Crippen LogP contribution in [0.25, 0.3) is 0 Å². The summed E-state index contributed by atoms with van der Waals surface area (Å²) in [4.78, 5) is 11.1. The van der Waals surface area contributed by atoms with E-state index in [0.717, 1.165) is 4.31 Å². The minimum absolute atomic E-state index is 0.0435. The summed E-state index contributed by atoms with van der Waals surface area (Å²) in [5.74, 6) is -1.67. The minimum atomic E-state index is -3.83. The Balaban J connectivity index is 1.99. The number of rotatable bonds is 7. The lowest BCUT2D eigenvalue weighted by Gasteiger charge is -2.20. The first-order valence-electron chi connectivity index (χ1n) is 7.01. The monoisotopic (exact) mass is 362 g/mol. The first kappa shape index (κ1) is 17.9. The van der Waals surface area contributed by atoms with E-state index in [1.807, 2.05) is 0 Å². The van der Waals surface area contributed by atoms with Crippen LogP contribution in [0.2, 0.25) is 0 Å². The van der Waals surface area contributed by atoms with Gasteiger partial charge < -0.3 is 5.11 Å². The van der Waals surface area contributed by atoms with Gasteiger partial charge in [0, 0.05) is 13.1 Å². The molecule has 0 radical (unpaired) electrons. The van der Waals surface area contributed by atoms with Crippen LogP contribution in [0.1, 0.15) is 12.8 Å². The fourth-order valence-corrected chi connectivity index (χ4v) is 5.19. The molecule has 0 spiro atoms. The highest BCUT2D eigenvalue weighted by Crippen LogP contribution is 2.21. The number of nitrogens with zero attached hydrogens (tertiary/aromatic N) is 1. The largest absolute Gasteiger partial charge is 0.480 e. The molecule has 2 rings (SSSR count). The molecular formula is C13H18N2O6S2. The highest BCUT2D eigenvalue weighted by Gasteiger charge is 2.38. The van der Waals surface area contributed by atoms with Crippen molar-refractivity contribution in [1.29, 1.82) is 0 Å². The first-order chi connectivity index (χ1) is 10.7. The number of hydrogen-bond donors (Lipinski definition) is 2. The van der Waals surface area contributed by atoms with Crippen LogP contribution in [0.3, 0.4) is 0 Å². The van der Waals surface area contributed by atoms with Gasteiger partial charge in [-0.1, -0.05) is 18.2 Å². The van der Waals surface area contributed by atoms with Crippen LogP contribution >= 0.6 is 0 Å². The van der Waals surface area contributed by atoms with Gasteiger partial charge >= 0.3 is 5.97 Å². The second-order valence-electron chi connectivity index (χ2n) is 5.13. The predicted octanol–water partition coefficient (Wildman–Crippen LogP) is -0.156. The average Bonchev–Trinajstić information content (AvgIpc) is 2.98.